The van der Waals surface area contributed by atoms with Crippen LogP contribution in [-0.4, -0.2) is 20.2 Å². The highest BCUT2D eigenvalue weighted by atomic mass is 79.9. The van der Waals surface area contributed by atoms with E-state index in [0.29, 0.717) is 17.5 Å². The summed E-state index contributed by atoms with van der Waals surface area (Å²) in [6, 6.07) is 0. The van der Waals surface area contributed by atoms with Gasteiger partial charge < -0.3 is 0 Å². The first-order valence-electron chi connectivity index (χ1n) is 5.96. The molecule has 4 rings (SSSR count). The maximum Gasteiger partial charge on any atom is 0.153 e. The lowest BCUT2D eigenvalue weighted by Crippen LogP contribution is -2.37. The summed E-state index contributed by atoms with van der Waals surface area (Å²) in [6.07, 6.45) is 3.53. The molecule has 6 atom stereocenters. The number of Topliss-reactive ketones (excluding diaryl/α,β-unsaturated/α-hetero) is 2. The summed E-state index contributed by atoms with van der Waals surface area (Å²) in [7, 11) is 0. The van der Waals surface area contributed by atoms with Gasteiger partial charge in [0, 0.05) is 17.8 Å². The van der Waals surface area contributed by atoms with Crippen molar-refractivity contribution in [3.05, 3.63) is 0 Å². The van der Waals surface area contributed by atoms with E-state index >= 15 is 0 Å². The highest BCUT2D eigenvalue weighted by Gasteiger charge is 2.78. The van der Waals surface area contributed by atoms with Crippen LogP contribution in [-0.2, 0) is 9.59 Å². The highest BCUT2D eigenvalue weighted by Crippen LogP contribution is 2.72. The molecule has 0 radical (unpaired) electrons. The molecule has 86 valence electrons. The van der Waals surface area contributed by atoms with Gasteiger partial charge in [-0.05, 0) is 31.6 Å². The second kappa shape index (κ2) is 2.66. The molecular weight excluding hydrogens is 336 g/mol. The molecule has 0 spiro atoms. The van der Waals surface area contributed by atoms with Gasteiger partial charge in [0.15, 0.2) is 11.6 Å². The first-order valence-corrected chi connectivity index (χ1v) is 7.55. The van der Waals surface area contributed by atoms with Crippen molar-refractivity contribution in [2.24, 2.45) is 23.7 Å². The van der Waals surface area contributed by atoms with Crippen molar-refractivity contribution in [2.75, 3.05) is 0 Å². The molecule has 0 aromatic heterocycles. The van der Waals surface area contributed by atoms with Gasteiger partial charge in [0.1, 0.15) is 0 Å². The molecule has 0 saturated heterocycles. The van der Waals surface area contributed by atoms with Crippen molar-refractivity contribution in [2.45, 2.75) is 34.3 Å². The van der Waals surface area contributed by atoms with E-state index in [1.165, 1.54) is 0 Å². The number of ketones is 2. The number of alkyl halides is 2. The van der Waals surface area contributed by atoms with Crippen LogP contribution in [0, 0.1) is 23.7 Å². The fourth-order valence-electron chi connectivity index (χ4n) is 4.92. The Morgan fingerprint density at radius 1 is 0.938 bits per heavy atom. The lowest BCUT2D eigenvalue weighted by Gasteiger charge is -2.25. The lowest BCUT2D eigenvalue weighted by atomic mass is 9.89. The molecule has 4 fully saturated rings. The van der Waals surface area contributed by atoms with Crippen LogP contribution in [0.4, 0.5) is 0 Å². The first kappa shape index (κ1) is 10.2. The van der Waals surface area contributed by atoms with E-state index in [4.69, 9.17) is 0 Å². The van der Waals surface area contributed by atoms with Crippen molar-refractivity contribution < 1.29 is 9.59 Å². The second-order valence-corrected chi connectivity index (χ2v) is 8.63. The van der Waals surface area contributed by atoms with Gasteiger partial charge in [-0.1, -0.05) is 31.9 Å². The van der Waals surface area contributed by atoms with Crippen molar-refractivity contribution >= 4 is 43.4 Å². The molecule has 0 aromatic carbocycles. The summed E-state index contributed by atoms with van der Waals surface area (Å²) < 4.78 is -0.757. The molecule has 0 heterocycles. The van der Waals surface area contributed by atoms with E-state index in [9.17, 15) is 9.59 Å². The zero-order valence-electron chi connectivity index (χ0n) is 8.71. The molecule has 4 saturated carbocycles. The molecule has 4 heteroatoms. The van der Waals surface area contributed by atoms with E-state index in [1.54, 1.807) is 0 Å². The largest absolute Gasteiger partial charge is 0.298 e. The monoisotopic (exact) mass is 346 g/mol. The molecule has 4 aliphatic carbocycles. The van der Waals surface area contributed by atoms with Crippen molar-refractivity contribution in [1.29, 1.82) is 0 Å². The fraction of sp³-hybridized carbons (Fsp3) is 0.833. The number of hydrogen-bond donors (Lipinski definition) is 0. The van der Waals surface area contributed by atoms with Gasteiger partial charge in [0.25, 0.3) is 0 Å². The zero-order valence-corrected chi connectivity index (χ0v) is 11.9. The third-order valence-corrected chi connectivity index (χ3v) is 8.00. The topological polar surface area (TPSA) is 34.1 Å². The molecule has 4 aliphatic rings. The average Bonchev–Trinajstić information content (AvgIpc) is 2.87. The Labute approximate surface area is 111 Å². The molecular formula is C12H12Br2O2. The Bertz CT molecular complexity index is 397. The van der Waals surface area contributed by atoms with Crippen LogP contribution in [0.2, 0.25) is 0 Å². The van der Waals surface area contributed by atoms with Crippen molar-refractivity contribution in [3.8, 4) is 0 Å². The van der Waals surface area contributed by atoms with Gasteiger partial charge in [0.2, 0.25) is 0 Å². The summed E-state index contributed by atoms with van der Waals surface area (Å²) in [5, 5.41) is 0. The van der Waals surface area contributed by atoms with Gasteiger partial charge in [-0.2, -0.15) is 0 Å². The minimum atomic E-state index is -0.378. The average molecular weight is 348 g/mol. The SMILES string of the molecule is O=C1C2CCC3C(=O)[C@@]4(Br)CC[C@]1(Br)C4C23. The highest BCUT2D eigenvalue weighted by molar-refractivity contribution is 9.11. The fourth-order valence-corrected chi connectivity index (χ4v) is 7.60. The Morgan fingerprint density at radius 3 is 1.81 bits per heavy atom. The quantitative estimate of drug-likeness (QED) is 0.631. The Morgan fingerprint density at radius 2 is 1.38 bits per heavy atom. The molecule has 2 nitrogen and oxygen atoms in total. The third-order valence-electron chi connectivity index (χ3n) is 5.43. The maximum atomic E-state index is 12.4. The minimum absolute atomic E-state index is 0.165. The van der Waals surface area contributed by atoms with E-state index in [2.05, 4.69) is 31.9 Å². The Balaban J connectivity index is 1.97. The van der Waals surface area contributed by atoms with E-state index in [1.807, 2.05) is 0 Å². The summed E-state index contributed by atoms with van der Waals surface area (Å²) in [5.41, 5.74) is 0. The summed E-state index contributed by atoms with van der Waals surface area (Å²) in [5.74, 6) is 1.66. The smallest absolute Gasteiger partial charge is 0.153 e. The molecule has 4 unspecified atom stereocenters. The summed E-state index contributed by atoms with van der Waals surface area (Å²) in [4.78, 5) is 24.9. The van der Waals surface area contributed by atoms with E-state index in [-0.39, 0.29) is 26.4 Å². The lowest BCUT2D eigenvalue weighted by molar-refractivity contribution is -0.123. The van der Waals surface area contributed by atoms with Crippen LogP contribution in [0.25, 0.3) is 0 Å². The van der Waals surface area contributed by atoms with Crippen molar-refractivity contribution in [1.82, 2.24) is 0 Å². The maximum absolute atomic E-state index is 12.4. The van der Waals surface area contributed by atoms with E-state index < -0.39 is 0 Å². The Kier molecular flexibility index (Phi) is 1.70. The van der Waals surface area contributed by atoms with Crippen LogP contribution in [0.5, 0.6) is 0 Å². The second-order valence-electron chi connectivity index (χ2n) is 5.80. The van der Waals surface area contributed by atoms with E-state index in [0.717, 1.165) is 25.7 Å². The van der Waals surface area contributed by atoms with Gasteiger partial charge in [-0.15, -0.1) is 0 Å². The zero-order chi connectivity index (χ0) is 11.3. The van der Waals surface area contributed by atoms with Crippen LogP contribution >= 0.6 is 31.9 Å². The van der Waals surface area contributed by atoms with Crippen LogP contribution < -0.4 is 0 Å². The molecule has 0 bridgehead atoms. The van der Waals surface area contributed by atoms with Gasteiger partial charge in [0.05, 0.1) is 8.65 Å². The van der Waals surface area contributed by atoms with Gasteiger partial charge in [-0.25, -0.2) is 0 Å². The molecule has 0 aromatic rings. The van der Waals surface area contributed by atoms with Crippen LogP contribution in [0.3, 0.4) is 0 Å². The number of halogens is 2. The molecule has 0 N–H and O–H groups in total. The number of carbonyl (C=O) groups excluding carboxylic acids is 2. The number of rotatable bonds is 0. The Hall–Kier alpha value is 0.300. The summed E-state index contributed by atoms with van der Waals surface area (Å²) >= 11 is 7.38. The molecule has 0 amide bonds. The molecule has 0 aliphatic heterocycles. The first-order chi connectivity index (χ1) is 7.50. The standard InChI is InChI=1S/C12H12Br2O2/c13-11-3-4-12(14)8(11)7-5(9(11)15)1-2-6(7)10(12)16/h5-8H,1-4H2/t5?,6?,7?,8?,11-,12+. The normalized spacial score (nSPS) is 62.1. The minimum Gasteiger partial charge on any atom is -0.298 e. The van der Waals surface area contributed by atoms with Crippen LogP contribution in [0.1, 0.15) is 25.7 Å². The number of hydrogen-bond acceptors (Lipinski definition) is 2. The predicted molar refractivity (Wildman–Crippen MR) is 65.8 cm³/mol. The van der Waals surface area contributed by atoms with Crippen molar-refractivity contribution in [3.63, 3.8) is 0 Å². The van der Waals surface area contributed by atoms with Gasteiger partial charge >= 0.3 is 0 Å². The third kappa shape index (κ3) is 0.798. The van der Waals surface area contributed by atoms with Gasteiger partial charge in [-0.3, -0.25) is 9.59 Å². The molecule has 16 heavy (non-hydrogen) atoms. The predicted octanol–water partition coefficient (Wildman–Crippen LogP) is 2.47. The van der Waals surface area contributed by atoms with Crippen LogP contribution in [0.15, 0.2) is 0 Å². The summed E-state index contributed by atoms with van der Waals surface area (Å²) in [6.45, 7) is 0. The number of carbonyl (C=O) groups is 2.